The fourth-order valence-electron chi connectivity index (χ4n) is 4.93. The van der Waals surface area contributed by atoms with Crippen molar-refractivity contribution in [2.24, 2.45) is 0 Å². The van der Waals surface area contributed by atoms with E-state index in [0.717, 1.165) is 63.2 Å². The van der Waals surface area contributed by atoms with Crippen molar-refractivity contribution in [3.63, 3.8) is 0 Å². The lowest BCUT2D eigenvalue weighted by molar-refractivity contribution is 0.387. The third-order valence-electron chi connectivity index (χ3n) is 6.50. The number of fused-ring (bicyclic) bond motifs is 1. The van der Waals surface area contributed by atoms with Gasteiger partial charge in [0, 0.05) is 61.7 Å². The Morgan fingerprint density at radius 3 is 2.55 bits per heavy atom. The van der Waals surface area contributed by atoms with Gasteiger partial charge in [0.25, 0.3) is 0 Å². The van der Waals surface area contributed by atoms with Crippen LogP contribution in [0.3, 0.4) is 0 Å². The fourth-order valence-corrected chi connectivity index (χ4v) is 5.77. The summed E-state index contributed by atoms with van der Waals surface area (Å²) in [5.74, 6) is 1.43. The molecule has 1 aromatic carbocycles. The molecule has 5 rings (SSSR count). The van der Waals surface area contributed by atoms with E-state index in [1.54, 1.807) is 6.20 Å². The van der Waals surface area contributed by atoms with Crippen LogP contribution in [0.1, 0.15) is 25.7 Å². The van der Waals surface area contributed by atoms with Crippen molar-refractivity contribution in [3.05, 3.63) is 42.7 Å². The van der Waals surface area contributed by atoms with Crippen LogP contribution in [-0.2, 0) is 10.0 Å². The number of nitrogens with one attached hydrogen (secondary N) is 3. The molecule has 1 saturated heterocycles. The summed E-state index contributed by atoms with van der Waals surface area (Å²) < 4.78 is 27.8. The summed E-state index contributed by atoms with van der Waals surface area (Å²) in [6, 6.07) is 10.8. The van der Waals surface area contributed by atoms with Crippen LogP contribution >= 0.6 is 0 Å². The highest BCUT2D eigenvalue weighted by Gasteiger charge is 2.24. The molecule has 0 spiro atoms. The predicted octanol–water partition coefficient (Wildman–Crippen LogP) is 2.10. The molecule has 0 bridgehead atoms. The van der Waals surface area contributed by atoms with Crippen LogP contribution in [0.4, 0.5) is 11.6 Å². The van der Waals surface area contributed by atoms with Gasteiger partial charge in [-0.25, -0.2) is 18.1 Å². The average molecular weight is 470 g/mol. The van der Waals surface area contributed by atoms with Crippen molar-refractivity contribution in [1.82, 2.24) is 24.6 Å². The average Bonchev–Trinajstić information content (AvgIpc) is 3.25. The lowest BCUT2D eigenvalue weighted by Gasteiger charge is -2.30. The quantitative estimate of drug-likeness (QED) is 0.508. The largest absolute Gasteiger partial charge is 0.368 e. The van der Waals surface area contributed by atoms with Crippen molar-refractivity contribution in [1.29, 1.82) is 0 Å². The van der Waals surface area contributed by atoms with Crippen molar-refractivity contribution in [2.45, 2.75) is 37.8 Å². The number of anilines is 2. The Labute approximate surface area is 194 Å². The second-order valence-corrected chi connectivity index (χ2v) is 10.7. The molecule has 1 aliphatic carbocycles. The molecule has 0 amide bonds. The highest BCUT2D eigenvalue weighted by Crippen LogP contribution is 2.30. The van der Waals surface area contributed by atoms with Gasteiger partial charge in [0.15, 0.2) is 0 Å². The lowest BCUT2D eigenvalue weighted by Crippen LogP contribution is -2.43. The van der Waals surface area contributed by atoms with Gasteiger partial charge in [0.2, 0.25) is 16.0 Å². The molecule has 2 aromatic heterocycles. The van der Waals surface area contributed by atoms with Gasteiger partial charge in [-0.05, 0) is 49.9 Å². The molecule has 2 fully saturated rings. The number of sulfonamides is 1. The van der Waals surface area contributed by atoms with E-state index in [9.17, 15) is 8.42 Å². The summed E-state index contributed by atoms with van der Waals surface area (Å²) in [7, 11) is -3.16. The van der Waals surface area contributed by atoms with Gasteiger partial charge in [0.05, 0.1) is 11.8 Å². The van der Waals surface area contributed by atoms with Gasteiger partial charge in [0.1, 0.15) is 5.82 Å². The molecule has 176 valence electrons. The molecular formula is C23H31N7O2S. The number of hydrogen-bond acceptors (Lipinski definition) is 7. The van der Waals surface area contributed by atoms with Gasteiger partial charge in [-0.1, -0.05) is 6.07 Å². The van der Waals surface area contributed by atoms with Gasteiger partial charge >= 0.3 is 0 Å². The zero-order valence-electron chi connectivity index (χ0n) is 18.9. The van der Waals surface area contributed by atoms with Crippen LogP contribution in [0.15, 0.2) is 42.7 Å². The topological polar surface area (TPSA) is 104 Å². The van der Waals surface area contributed by atoms with E-state index in [1.165, 1.54) is 17.3 Å². The molecule has 33 heavy (non-hydrogen) atoms. The van der Waals surface area contributed by atoms with E-state index in [2.05, 4.69) is 60.3 Å². The zero-order chi connectivity index (χ0) is 22.8. The zero-order valence-corrected chi connectivity index (χ0v) is 19.7. The van der Waals surface area contributed by atoms with E-state index < -0.39 is 10.0 Å². The Bertz CT molecular complexity index is 1210. The van der Waals surface area contributed by atoms with Crippen LogP contribution < -0.4 is 20.3 Å². The fraction of sp³-hybridized carbons (Fsp3) is 0.478. The molecule has 0 radical (unpaired) electrons. The summed E-state index contributed by atoms with van der Waals surface area (Å²) in [4.78, 5) is 11.7. The number of piperazine rings is 1. The Kier molecular flexibility index (Phi) is 6.22. The highest BCUT2D eigenvalue weighted by atomic mass is 32.2. The number of nitrogens with zero attached hydrogens (tertiary/aromatic N) is 4. The molecular weight excluding hydrogens is 438 g/mol. The summed E-state index contributed by atoms with van der Waals surface area (Å²) in [5, 5.41) is 8.09. The first-order valence-corrected chi connectivity index (χ1v) is 13.5. The van der Waals surface area contributed by atoms with E-state index in [-0.39, 0.29) is 12.1 Å². The molecule has 3 heterocycles. The maximum absolute atomic E-state index is 11.5. The van der Waals surface area contributed by atoms with Gasteiger partial charge in [-0.2, -0.15) is 4.98 Å². The number of hydrogen-bond donors (Lipinski definition) is 3. The summed E-state index contributed by atoms with van der Waals surface area (Å²) in [6.07, 6.45) is 8.44. The molecule has 3 aromatic rings. The molecule has 2 aliphatic rings. The van der Waals surface area contributed by atoms with E-state index in [1.807, 2.05) is 6.07 Å². The lowest BCUT2D eigenvalue weighted by atomic mass is 9.92. The van der Waals surface area contributed by atoms with Crippen LogP contribution in [0.2, 0.25) is 0 Å². The minimum atomic E-state index is -3.16. The number of benzene rings is 1. The van der Waals surface area contributed by atoms with Crippen molar-refractivity contribution in [3.8, 4) is 5.82 Å². The molecule has 9 nitrogen and oxygen atoms in total. The molecule has 0 atom stereocenters. The second kappa shape index (κ2) is 9.28. The van der Waals surface area contributed by atoms with Crippen LogP contribution in [0.25, 0.3) is 16.7 Å². The molecule has 3 N–H and O–H groups in total. The van der Waals surface area contributed by atoms with E-state index in [4.69, 9.17) is 4.98 Å². The summed E-state index contributed by atoms with van der Waals surface area (Å²) in [6.45, 7) is 4.02. The van der Waals surface area contributed by atoms with Crippen molar-refractivity contribution >= 4 is 32.6 Å². The first kappa shape index (κ1) is 22.1. The number of rotatable bonds is 6. The van der Waals surface area contributed by atoms with E-state index in [0.29, 0.717) is 5.95 Å². The predicted molar refractivity (Wildman–Crippen MR) is 132 cm³/mol. The third-order valence-corrected chi connectivity index (χ3v) is 7.26. The summed E-state index contributed by atoms with van der Waals surface area (Å²) in [5.41, 5.74) is 2.39. The Balaban J connectivity index is 1.32. The van der Waals surface area contributed by atoms with Crippen LogP contribution in [0.5, 0.6) is 0 Å². The summed E-state index contributed by atoms with van der Waals surface area (Å²) >= 11 is 0. The molecule has 0 unspecified atom stereocenters. The van der Waals surface area contributed by atoms with Gasteiger partial charge in [-0.15, -0.1) is 0 Å². The first-order valence-electron chi connectivity index (χ1n) is 11.6. The Hall–Kier alpha value is -2.69. The van der Waals surface area contributed by atoms with E-state index >= 15 is 0 Å². The molecule has 1 saturated carbocycles. The van der Waals surface area contributed by atoms with Crippen LogP contribution in [0, 0.1) is 0 Å². The van der Waals surface area contributed by atoms with Crippen molar-refractivity contribution < 1.29 is 8.42 Å². The molecule has 1 aliphatic heterocycles. The van der Waals surface area contributed by atoms with Crippen LogP contribution in [-0.4, -0.2) is 67.5 Å². The second-order valence-electron chi connectivity index (χ2n) is 8.95. The SMILES string of the molecule is CS(=O)(=O)N[C@H]1CC[C@H](Nc2nccc(-n3ccc4c(N5CCNCC5)cccc43)n2)CC1. The maximum Gasteiger partial charge on any atom is 0.224 e. The molecule has 10 heteroatoms. The maximum atomic E-state index is 11.5. The third kappa shape index (κ3) is 5.13. The normalized spacial score (nSPS) is 21.9. The first-order chi connectivity index (χ1) is 16.0. The number of aromatic nitrogens is 3. The highest BCUT2D eigenvalue weighted by molar-refractivity contribution is 7.88. The smallest absolute Gasteiger partial charge is 0.224 e. The van der Waals surface area contributed by atoms with Gasteiger partial charge < -0.3 is 20.1 Å². The van der Waals surface area contributed by atoms with Crippen molar-refractivity contribution in [2.75, 3.05) is 42.7 Å². The monoisotopic (exact) mass is 469 g/mol. The Morgan fingerprint density at radius 2 is 1.79 bits per heavy atom. The minimum absolute atomic E-state index is 0.0152. The standard InChI is InChI=1S/C23H31N7O2S/c1-33(31,32)28-18-7-5-17(6-8-18)26-23-25-11-9-22(27-23)30-14-10-19-20(3-2-4-21(19)30)29-15-12-24-13-16-29/h2-4,9-11,14,17-18,24,28H,5-8,12-13,15-16H2,1H3,(H,25,26,27)/t17-,18-. The minimum Gasteiger partial charge on any atom is -0.368 e. The van der Waals surface area contributed by atoms with Gasteiger partial charge in [-0.3, -0.25) is 0 Å². The Morgan fingerprint density at radius 1 is 1.03 bits per heavy atom.